The van der Waals surface area contributed by atoms with Crippen LogP contribution in [0.2, 0.25) is 0 Å². The molecule has 0 aliphatic carbocycles. The zero-order chi connectivity index (χ0) is 26.1. The number of alkyl halides is 3. The third-order valence-electron chi connectivity index (χ3n) is 5.41. The molecule has 0 bridgehead atoms. The summed E-state index contributed by atoms with van der Waals surface area (Å²) in [5.41, 5.74) is 1.42. The van der Waals surface area contributed by atoms with Crippen LogP contribution >= 0.6 is 0 Å². The first-order valence-corrected chi connectivity index (χ1v) is 11.6. The van der Waals surface area contributed by atoms with Crippen molar-refractivity contribution < 1.29 is 27.0 Å². The average Bonchev–Trinajstić information content (AvgIpc) is 2.85. The highest BCUT2D eigenvalue weighted by Crippen LogP contribution is 2.29. The fourth-order valence-corrected chi connectivity index (χ4v) is 3.40. The highest BCUT2D eigenvalue weighted by Gasteiger charge is 2.27. The van der Waals surface area contributed by atoms with Crippen LogP contribution in [0.4, 0.5) is 40.7 Å². The van der Waals surface area contributed by atoms with Gasteiger partial charge in [-0.05, 0) is 31.2 Å². The Kier molecular flexibility index (Phi) is 9.79. The van der Waals surface area contributed by atoms with Crippen LogP contribution in [0, 0.1) is 11.2 Å². The van der Waals surface area contributed by atoms with Crippen LogP contribution in [0.25, 0.3) is 0 Å². The van der Waals surface area contributed by atoms with E-state index in [0.717, 1.165) is 0 Å². The van der Waals surface area contributed by atoms with E-state index in [2.05, 4.69) is 25.5 Å². The van der Waals surface area contributed by atoms with Crippen molar-refractivity contribution in [3.05, 3.63) is 35.8 Å². The molecule has 0 spiro atoms. The summed E-state index contributed by atoms with van der Waals surface area (Å²) >= 11 is 0. The Bertz CT molecular complexity index is 999. The molecule has 0 unspecified atom stereocenters. The van der Waals surface area contributed by atoms with Crippen molar-refractivity contribution in [2.75, 3.05) is 81.7 Å². The third-order valence-corrected chi connectivity index (χ3v) is 5.41. The van der Waals surface area contributed by atoms with E-state index in [1.165, 1.54) is 24.3 Å². The number of halogens is 4. The molecule has 1 fully saturated rings. The van der Waals surface area contributed by atoms with Gasteiger partial charge in [0.2, 0.25) is 5.95 Å². The van der Waals surface area contributed by atoms with Gasteiger partial charge in [0.05, 0.1) is 25.5 Å². The number of hydrogen-bond acceptors (Lipinski definition) is 9. The second-order valence-electron chi connectivity index (χ2n) is 8.20. The minimum absolute atomic E-state index is 0.0261. The monoisotopic (exact) mass is 513 g/mol. The van der Waals surface area contributed by atoms with Gasteiger partial charge in [0.15, 0.2) is 5.82 Å². The predicted molar refractivity (Wildman–Crippen MR) is 130 cm³/mol. The van der Waals surface area contributed by atoms with Crippen molar-refractivity contribution in [2.45, 2.75) is 13.1 Å². The fourth-order valence-electron chi connectivity index (χ4n) is 3.40. The SMILES string of the molecule is CCN(C)c1nc(Nc2ccc(F)cc2)c(NCCOCC(F)(F)F)c(C(=N)CN2CCOCC2)n1. The van der Waals surface area contributed by atoms with Gasteiger partial charge in [0.1, 0.15) is 23.8 Å². The maximum atomic E-state index is 13.4. The van der Waals surface area contributed by atoms with E-state index in [1.807, 2.05) is 14.0 Å². The minimum atomic E-state index is -4.42. The molecule has 1 aromatic carbocycles. The fraction of sp³-hybridized carbons (Fsp3) is 0.522. The van der Waals surface area contributed by atoms with Crippen molar-refractivity contribution >= 4 is 28.9 Å². The van der Waals surface area contributed by atoms with E-state index >= 15 is 0 Å². The van der Waals surface area contributed by atoms with Gasteiger partial charge in [-0.25, -0.2) is 9.37 Å². The summed E-state index contributed by atoms with van der Waals surface area (Å²) < 4.78 is 60.8. The Morgan fingerprint density at radius 2 is 1.89 bits per heavy atom. The van der Waals surface area contributed by atoms with Crippen LogP contribution in [-0.4, -0.2) is 93.0 Å². The molecular weight excluding hydrogens is 482 g/mol. The van der Waals surface area contributed by atoms with Gasteiger partial charge in [0.25, 0.3) is 0 Å². The molecule has 3 rings (SSSR count). The number of nitrogens with one attached hydrogen (secondary N) is 3. The van der Waals surface area contributed by atoms with Crippen LogP contribution < -0.4 is 15.5 Å². The molecule has 1 saturated heterocycles. The molecule has 0 amide bonds. The molecule has 3 N–H and O–H groups in total. The second kappa shape index (κ2) is 12.8. The molecule has 198 valence electrons. The lowest BCUT2D eigenvalue weighted by molar-refractivity contribution is -0.172. The summed E-state index contributed by atoms with van der Waals surface area (Å²) in [6.07, 6.45) is -4.42. The molecule has 36 heavy (non-hydrogen) atoms. The number of anilines is 4. The average molecular weight is 514 g/mol. The first-order valence-electron chi connectivity index (χ1n) is 11.6. The highest BCUT2D eigenvalue weighted by atomic mass is 19.4. The largest absolute Gasteiger partial charge is 0.411 e. The summed E-state index contributed by atoms with van der Waals surface area (Å²) in [5.74, 6) is 0.273. The minimum Gasteiger partial charge on any atom is -0.379 e. The zero-order valence-electron chi connectivity index (χ0n) is 20.3. The van der Waals surface area contributed by atoms with E-state index in [1.54, 1.807) is 4.90 Å². The Hall–Kier alpha value is -3.03. The molecule has 0 saturated carbocycles. The number of morpholine rings is 1. The molecule has 2 heterocycles. The van der Waals surface area contributed by atoms with Gasteiger partial charge in [0, 0.05) is 45.5 Å². The molecule has 13 heteroatoms. The number of rotatable bonds is 12. The van der Waals surface area contributed by atoms with E-state index in [4.69, 9.17) is 14.9 Å². The number of nitrogens with zero attached hydrogens (tertiary/aromatic N) is 4. The van der Waals surface area contributed by atoms with Gasteiger partial charge in [-0.15, -0.1) is 0 Å². The summed E-state index contributed by atoms with van der Waals surface area (Å²) in [5, 5.41) is 15.0. The first kappa shape index (κ1) is 27.6. The lowest BCUT2D eigenvalue weighted by atomic mass is 10.1. The Balaban J connectivity index is 1.92. The van der Waals surface area contributed by atoms with Crippen molar-refractivity contribution in [1.82, 2.24) is 14.9 Å². The molecule has 0 atom stereocenters. The Morgan fingerprint density at radius 1 is 1.19 bits per heavy atom. The Morgan fingerprint density at radius 3 is 2.53 bits per heavy atom. The summed E-state index contributed by atoms with van der Waals surface area (Å²) in [7, 11) is 1.81. The van der Waals surface area contributed by atoms with Crippen LogP contribution in [0.1, 0.15) is 12.6 Å². The number of benzene rings is 1. The van der Waals surface area contributed by atoms with Crippen molar-refractivity contribution in [3.63, 3.8) is 0 Å². The highest BCUT2D eigenvalue weighted by molar-refractivity contribution is 6.05. The maximum Gasteiger partial charge on any atom is 0.411 e. The third kappa shape index (κ3) is 8.28. The van der Waals surface area contributed by atoms with Gasteiger partial charge in [-0.3, -0.25) is 4.90 Å². The van der Waals surface area contributed by atoms with Crippen LogP contribution in [0.3, 0.4) is 0 Å². The Labute approximate surface area is 207 Å². The first-order chi connectivity index (χ1) is 17.2. The molecule has 1 aromatic heterocycles. The summed E-state index contributed by atoms with van der Waals surface area (Å²) in [6.45, 7) is 3.77. The number of aromatic nitrogens is 2. The lowest BCUT2D eigenvalue weighted by Gasteiger charge is -2.27. The van der Waals surface area contributed by atoms with Gasteiger partial charge >= 0.3 is 6.18 Å². The van der Waals surface area contributed by atoms with E-state index in [-0.39, 0.29) is 18.9 Å². The van der Waals surface area contributed by atoms with Crippen molar-refractivity contribution in [1.29, 1.82) is 5.41 Å². The van der Waals surface area contributed by atoms with Gasteiger partial charge in [-0.2, -0.15) is 18.2 Å². The molecular formula is C23H31F4N7O2. The zero-order valence-corrected chi connectivity index (χ0v) is 20.3. The molecule has 1 aliphatic heterocycles. The van der Waals surface area contributed by atoms with Crippen molar-refractivity contribution in [3.8, 4) is 0 Å². The summed E-state index contributed by atoms with van der Waals surface area (Å²) in [6, 6.07) is 5.66. The van der Waals surface area contributed by atoms with Gasteiger partial charge < -0.3 is 30.4 Å². The van der Waals surface area contributed by atoms with Crippen molar-refractivity contribution in [2.24, 2.45) is 0 Å². The number of ether oxygens (including phenoxy) is 2. The number of hydrogen-bond donors (Lipinski definition) is 3. The normalized spacial score (nSPS) is 14.5. The second-order valence-corrected chi connectivity index (χ2v) is 8.20. The van der Waals surface area contributed by atoms with Crippen LogP contribution in [-0.2, 0) is 9.47 Å². The van der Waals surface area contributed by atoms with Crippen LogP contribution in [0.5, 0.6) is 0 Å². The topological polar surface area (TPSA) is 98.6 Å². The molecule has 9 nitrogen and oxygen atoms in total. The predicted octanol–water partition coefficient (Wildman–Crippen LogP) is 3.51. The van der Waals surface area contributed by atoms with Crippen LogP contribution in [0.15, 0.2) is 24.3 Å². The molecule has 2 aromatic rings. The van der Waals surface area contributed by atoms with Gasteiger partial charge in [-0.1, -0.05) is 0 Å². The molecule has 0 radical (unpaired) electrons. The van der Waals surface area contributed by atoms with E-state index in [9.17, 15) is 17.6 Å². The maximum absolute atomic E-state index is 13.4. The molecule has 1 aliphatic rings. The smallest absolute Gasteiger partial charge is 0.379 e. The lowest BCUT2D eigenvalue weighted by Crippen LogP contribution is -2.40. The standard InChI is InChI=1S/C23H31F4N7O2/c1-3-33(2)22-31-19(18(28)14-34-9-12-35-13-10-34)20(29-8-11-36-15-23(25,26)27)21(32-22)30-17-6-4-16(24)5-7-17/h4-7,28-29H,3,8-15H2,1-2H3,(H,30,31,32). The summed E-state index contributed by atoms with van der Waals surface area (Å²) in [4.78, 5) is 13.1. The van der Waals surface area contributed by atoms with E-state index < -0.39 is 18.6 Å². The van der Waals surface area contributed by atoms with E-state index in [0.29, 0.717) is 68.2 Å². The quantitative estimate of drug-likeness (QED) is 0.225.